The van der Waals surface area contributed by atoms with E-state index in [9.17, 15) is 4.79 Å². The highest BCUT2D eigenvalue weighted by atomic mass is 35.5. The maximum atomic E-state index is 12.7. The van der Waals surface area contributed by atoms with Crippen molar-refractivity contribution >= 4 is 28.3 Å². The summed E-state index contributed by atoms with van der Waals surface area (Å²) in [5, 5.41) is 4.91. The standard InChI is InChI=1S/C22H19ClN6O2/c1-12-3-2-4-13(7-12)28-8-15-16(9-28)19(15)21-26-18(31-27-21)10-29-11-24-20-14(22(29)30)5-6-17(23)25-20/h2-7,11,15-16,19H,8-10H2,1H3. The summed E-state index contributed by atoms with van der Waals surface area (Å²) in [5.74, 6) is 2.57. The average Bonchev–Trinajstić information content (AvgIpc) is 3.08. The molecule has 1 saturated carbocycles. The van der Waals surface area contributed by atoms with Gasteiger partial charge in [-0.1, -0.05) is 28.9 Å². The van der Waals surface area contributed by atoms with E-state index in [1.165, 1.54) is 22.1 Å². The number of rotatable bonds is 4. The van der Waals surface area contributed by atoms with Gasteiger partial charge in [0.05, 0.1) is 5.39 Å². The van der Waals surface area contributed by atoms with E-state index in [0.29, 0.717) is 39.8 Å². The molecule has 2 aliphatic rings. The molecule has 1 saturated heterocycles. The number of benzene rings is 1. The van der Waals surface area contributed by atoms with Crippen LogP contribution >= 0.6 is 11.6 Å². The lowest BCUT2D eigenvalue weighted by Crippen LogP contribution is -2.23. The molecule has 0 radical (unpaired) electrons. The molecule has 4 aromatic rings. The van der Waals surface area contributed by atoms with Crippen LogP contribution in [0.3, 0.4) is 0 Å². The highest BCUT2D eigenvalue weighted by Crippen LogP contribution is 2.57. The van der Waals surface area contributed by atoms with Gasteiger partial charge < -0.3 is 9.42 Å². The predicted octanol–water partition coefficient (Wildman–Crippen LogP) is 3.03. The van der Waals surface area contributed by atoms with E-state index in [2.05, 4.69) is 56.2 Å². The first-order valence-electron chi connectivity index (χ1n) is 10.2. The van der Waals surface area contributed by atoms with E-state index < -0.39 is 0 Å². The molecule has 1 aliphatic heterocycles. The van der Waals surface area contributed by atoms with Gasteiger partial charge in [0.2, 0.25) is 5.89 Å². The number of halogens is 1. The number of fused-ring (bicyclic) bond motifs is 2. The van der Waals surface area contributed by atoms with Crippen LogP contribution in [0, 0.1) is 18.8 Å². The van der Waals surface area contributed by atoms with E-state index in [0.717, 1.165) is 18.9 Å². The fraction of sp³-hybridized carbons (Fsp3) is 0.318. The van der Waals surface area contributed by atoms with Gasteiger partial charge in [-0.05, 0) is 48.6 Å². The number of aryl methyl sites for hydroxylation is 1. The molecular formula is C22H19ClN6O2. The fourth-order valence-corrected chi connectivity index (χ4v) is 4.84. The molecule has 2 fully saturated rings. The molecule has 8 nitrogen and oxygen atoms in total. The minimum absolute atomic E-state index is 0.175. The van der Waals surface area contributed by atoms with Crippen LogP contribution in [-0.2, 0) is 6.54 Å². The first-order chi connectivity index (χ1) is 15.1. The van der Waals surface area contributed by atoms with Crippen molar-refractivity contribution < 1.29 is 4.52 Å². The predicted molar refractivity (Wildman–Crippen MR) is 115 cm³/mol. The van der Waals surface area contributed by atoms with Crippen molar-refractivity contribution in [1.82, 2.24) is 24.7 Å². The summed E-state index contributed by atoms with van der Waals surface area (Å²) in [6.07, 6.45) is 1.43. The quantitative estimate of drug-likeness (QED) is 0.456. The van der Waals surface area contributed by atoms with E-state index in [4.69, 9.17) is 16.1 Å². The van der Waals surface area contributed by atoms with Gasteiger partial charge in [0.1, 0.15) is 18.0 Å². The van der Waals surface area contributed by atoms with Gasteiger partial charge in [-0.3, -0.25) is 9.36 Å². The number of pyridine rings is 1. The number of hydrogen-bond acceptors (Lipinski definition) is 7. The lowest BCUT2D eigenvalue weighted by molar-refractivity contribution is 0.363. The number of anilines is 1. The molecule has 0 spiro atoms. The molecule has 2 atom stereocenters. The second-order valence-corrected chi connectivity index (χ2v) is 8.71. The number of hydrogen-bond donors (Lipinski definition) is 0. The Morgan fingerprint density at radius 1 is 1.16 bits per heavy atom. The van der Waals surface area contributed by atoms with Crippen molar-refractivity contribution in [3.63, 3.8) is 0 Å². The van der Waals surface area contributed by atoms with Crippen LogP contribution in [0.2, 0.25) is 5.15 Å². The molecule has 1 aliphatic carbocycles. The van der Waals surface area contributed by atoms with Crippen LogP contribution in [0.25, 0.3) is 11.0 Å². The van der Waals surface area contributed by atoms with Gasteiger partial charge in [-0.25, -0.2) is 9.97 Å². The number of aromatic nitrogens is 5. The largest absolute Gasteiger partial charge is 0.371 e. The van der Waals surface area contributed by atoms with Crippen LogP contribution in [0.4, 0.5) is 5.69 Å². The summed E-state index contributed by atoms with van der Waals surface area (Å²) >= 11 is 5.87. The van der Waals surface area contributed by atoms with Crippen LogP contribution < -0.4 is 10.5 Å². The molecular weight excluding hydrogens is 416 g/mol. The molecule has 0 bridgehead atoms. The van der Waals surface area contributed by atoms with Crippen molar-refractivity contribution in [2.75, 3.05) is 18.0 Å². The molecule has 31 heavy (non-hydrogen) atoms. The smallest absolute Gasteiger partial charge is 0.263 e. The zero-order valence-electron chi connectivity index (χ0n) is 16.8. The van der Waals surface area contributed by atoms with Crippen molar-refractivity contribution in [2.24, 2.45) is 11.8 Å². The topological polar surface area (TPSA) is 89.9 Å². The SMILES string of the molecule is Cc1cccc(N2CC3C(C2)C3c2noc(Cn3cnc4nc(Cl)ccc4c3=O)n2)c1. The summed E-state index contributed by atoms with van der Waals surface area (Å²) in [4.78, 5) is 28.0. The lowest BCUT2D eigenvalue weighted by Gasteiger charge is -2.21. The van der Waals surface area contributed by atoms with E-state index >= 15 is 0 Å². The Kier molecular flexibility index (Phi) is 4.11. The van der Waals surface area contributed by atoms with Crippen LogP contribution in [0.1, 0.15) is 23.2 Å². The van der Waals surface area contributed by atoms with Crippen LogP contribution in [0.15, 0.2) is 52.0 Å². The van der Waals surface area contributed by atoms with Crippen molar-refractivity contribution in [1.29, 1.82) is 0 Å². The second kappa shape index (κ2) is 6.88. The third kappa shape index (κ3) is 3.18. The molecule has 1 aromatic carbocycles. The van der Waals surface area contributed by atoms with Gasteiger partial charge in [0, 0.05) is 24.7 Å². The highest BCUT2D eigenvalue weighted by Gasteiger charge is 2.58. The van der Waals surface area contributed by atoms with Gasteiger partial charge >= 0.3 is 0 Å². The molecule has 0 N–H and O–H groups in total. The van der Waals surface area contributed by atoms with Crippen molar-refractivity contribution in [3.05, 3.63) is 75.5 Å². The van der Waals surface area contributed by atoms with Gasteiger partial charge in [-0.2, -0.15) is 4.98 Å². The molecule has 9 heteroatoms. The Labute approximate surface area is 182 Å². The van der Waals surface area contributed by atoms with E-state index in [-0.39, 0.29) is 12.1 Å². The molecule has 3 aromatic heterocycles. The minimum atomic E-state index is -0.217. The Morgan fingerprint density at radius 2 is 2.00 bits per heavy atom. The Morgan fingerprint density at radius 3 is 2.81 bits per heavy atom. The third-order valence-corrected chi connectivity index (χ3v) is 6.51. The average molecular weight is 435 g/mol. The minimum Gasteiger partial charge on any atom is -0.371 e. The highest BCUT2D eigenvalue weighted by molar-refractivity contribution is 6.29. The van der Waals surface area contributed by atoms with Gasteiger partial charge in [0.15, 0.2) is 11.5 Å². The first kappa shape index (κ1) is 18.5. The fourth-order valence-electron chi connectivity index (χ4n) is 4.69. The number of piperidine rings is 1. The van der Waals surface area contributed by atoms with Gasteiger partial charge in [0.25, 0.3) is 5.56 Å². The maximum Gasteiger partial charge on any atom is 0.263 e. The normalized spacial score (nSPS) is 22.1. The summed E-state index contributed by atoms with van der Waals surface area (Å²) in [6, 6.07) is 11.8. The molecule has 156 valence electrons. The van der Waals surface area contributed by atoms with Crippen LogP contribution in [0.5, 0.6) is 0 Å². The monoisotopic (exact) mass is 434 g/mol. The zero-order valence-corrected chi connectivity index (χ0v) is 17.5. The first-order valence-corrected chi connectivity index (χ1v) is 10.6. The zero-order chi connectivity index (χ0) is 21.1. The third-order valence-electron chi connectivity index (χ3n) is 6.30. The van der Waals surface area contributed by atoms with Crippen molar-refractivity contribution in [3.8, 4) is 0 Å². The maximum absolute atomic E-state index is 12.7. The van der Waals surface area contributed by atoms with E-state index in [1.807, 2.05) is 0 Å². The Bertz CT molecular complexity index is 1350. The molecule has 4 heterocycles. The summed E-state index contributed by atoms with van der Waals surface area (Å²) in [6.45, 7) is 4.30. The van der Waals surface area contributed by atoms with Gasteiger partial charge in [-0.15, -0.1) is 0 Å². The Hall–Kier alpha value is -3.26. The van der Waals surface area contributed by atoms with E-state index in [1.54, 1.807) is 12.1 Å². The summed E-state index contributed by atoms with van der Waals surface area (Å²) < 4.78 is 6.90. The summed E-state index contributed by atoms with van der Waals surface area (Å²) in [7, 11) is 0. The van der Waals surface area contributed by atoms with Crippen molar-refractivity contribution in [2.45, 2.75) is 19.4 Å². The second-order valence-electron chi connectivity index (χ2n) is 8.33. The molecule has 0 amide bonds. The number of nitrogens with zero attached hydrogens (tertiary/aromatic N) is 6. The van der Waals surface area contributed by atoms with Crippen LogP contribution in [-0.4, -0.2) is 37.8 Å². The molecule has 6 rings (SSSR count). The lowest BCUT2D eigenvalue weighted by atomic mass is 10.2. The molecule has 2 unspecified atom stereocenters. The summed E-state index contributed by atoms with van der Waals surface area (Å²) in [5.41, 5.74) is 2.66. The Balaban J connectivity index is 1.16.